The van der Waals surface area contributed by atoms with Gasteiger partial charge in [0.25, 0.3) is 0 Å². The van der Waals surface area contributed by atoms with Gasteiger partial charge < -0.3 is 9.64 Å². The van der Waals surface area contributed by atoms with Crippen LogP contribution in [-0.2, 0) is 14.8 Å². The van der Waals surface area contributed by atoms with Crippen LogP contribution >= 0.6 is 0 Å². The van der Waals surface area contributed by atoms with E-state index >= 15 is 0 Å². The van der Waals surface area contributed by atoms with E-state index in [1.54, 1.807) is 11.2 Å². The minimum Gasteiger partial charge on any atom is -0.375 e. The Bertz CT molecular complexity index is 739. The van der Waals surface area contributed by atoms with Crippen LogP contribution in [0.1, 0.15) is 32.6 Å². The summed E-state index contributed by atoms with van der Waals surface area (Å²) >= 11 is 0. The lowest BCUT2D eigenvalue weighted by atomic mass is 9.82. The zero-order valence-corrected chi connectivity index (χ0v) is 17.7. The fourth-order valence-corrected chi connectivity index (χ4v) is 6.10. The van der Waals surface area contributed by atoms with Gasteiger partial charge >= 0.3 is 0 Å². The van der Waals surface area contributed by atoms with E-state index in [1.165, 1.54) is 5.69 Å². The highest BCUT2D eigenvalue weighted by Gasteiger charge is 2.43. The van der Waals surface area contributed by atoms with Crippen LogP contribution in [-0.4, -0.2) is 80.9 Å². The summed E-state index contributed by atoms with van der Waals surface area (Å²) in [4.78, 5) is 5.11. The van der Waals surface area contributed by atoms with Gasteiger partial charge in [-0.25, -0.2) is 12.7 Å². The second kappa shape index (κ2) is 8.30. The van der Waals surface area contributed by atoms with Gasteiger partial charge in [-0.1, -0.05) is 18.2 Å². The number of ether oxygens (including phenoxy) is 1. The van der Waals surface area contributed by atoms with E-state index < -0.39 is 10.0 Å². The van der Waals surface area contributed by atoms with Crippen molar-refractivity contribution < 1.29 is 13.2 Å². The average Bonchev–Trinajstić information content (AvgIpc) is 2.75. The summed E-state index contributed by atoms with van der Waals surface area (Å²) in [5.74, 6) is 0.190. The summed E-state index contributed by atoms with van der Waals surface area (Å²) < 4.78 is 32.2. The highest BCUT2D eigenvalue weighted by Crippen LogP contribution is 2.37. The van der Waals surface area contributed by atoms with Crippen LogP contribution in [0.15, 0.2) is 30.3 Å². The third-order valence-electron chi connectivity index (χ3n) is 6.81. The first-order valence-electron chi connectivity index (χ1n) is 10.7. The molecule has 1 atom stereocenters. The summed E-state index contributed by atoms with van der Waals surface area (Å²) in [7, 11) is -3.08. The molecule has 0 aromatic heterocycles. The normalized spacial score (nSPS) is 27.2. The van der Waals surface area contributed by atoms with Crippen molar-refractivity contribution in [3.8, 4) is 0 Å². The van der Waals surface area contributed by atoms with E-state index in [2.05, 4.69) is 40.1 Å². The molecule has 3 heterocycles. The van der Waals surface area contributed by atoms with Crippen molar-refractivity contribution in [3.63, 3.8) is 0 Å². The van der Waals surface area contributed by atoms with Gasteiger partial charge in [0.2, 0.25) is 10.0 Å². The molecule has 0 radical (unpaired) electrons. The molecule has 0 aliphatic carbocycles. The van der Waals surface area contributed by atoms with Gasteiger partial charge in [-0.2, -0.15) is 0 Å². The predicted molar refractivity (Wildman–Crippen MR) is 112 cm³/mol. The van der Waals surface area contributed by atoms with Crippen molar-refractivity contribution in [2.24, 2.45) is 0 Å². The number of piperidine rings is 1. The lowest BCUT2D eigenvalue weighted by Gasteiger charge is -2.49. The zero-order valence-electron chi connectivity index (χ0n) is 16.9. The first-order valence-corrected chi connectivity index (χ1v) is 12.3. The summed E-state index contributed by atoms with van der Waals surface area (Å²) in [6.07, 6.45) is 3.78. The SMILES string of the molecule is CCS(=O)(=O)N1CCC2(CC1)C[C@H](N1CCN(c3ccccc3)CC1)CCO2. The van der Waals surface area contributed by atoms with Crippen molar-refractivity contribution >= 4 is 15.7 Å². The molecule has 4 rings (SSSR count). The Morgan fingerprint density at radius 2 is 1.71 bits per heavy atom. The van der Waals surface area contributed by atoms with E-state index in [1.807, 2.05) is 0 Å². The van der Waals surface area contributed by atoms with Crippen molar-refractivity contribution in [2.75, 3.05) is 56.5 Å². The smallest absolute Gasteiger partial charge is 0.213 e. The van der Waals surface area contributed by atoms with Gasteiger partial charge in [0, 0.05) is 57.6 Å². The van der Waals surface area contributed by atoms with E-state index in [0.717, 1.165) is 58.5 Å². The molecular weight excluding hydrogens is 374 g/mol. The fraction of sp³-hybridized carbons (Fsp3) is 0.714. The Labute approximate surface area is 169 Å². The lowest BCUT2D eigenvalue weighted by Crippen LogP contribution is -2.57. The molecule has 7 heteroatoms. The van der Waals surface area contributed by atoms with Gasteiger partial charge in [0.15, 0.2) is 0 Å². The monoisotopic (exact) mass is 407 g/mol. The molecule has 3 aliphatic rings. The molecule has 0 amide bonds. The number of anilines is 1. The first kappa shape index (κ1) is 20.1. The minimum absolute atomic E-state index is 0.126. The number of hydrogen-bond donors (Lipinski definition) is 0. The molecule has 28 heavy (non-hydrogen) atoms. The van der Waals surface area contributed by atoms with Gasteiger partial charge in [-0.3, -0.25) is 4.90 Å². The molecule has 1 aromatic rings. The third-order valence-corrected chi connectivity index (χ3v) is 8.69. The first-order chi connectivity index (χ1) is 13.5. The fourth-order valence-electron chi connectivity index (χ4n) is 5.00. The standard InChI is InChI=1S/C21H33N3O3S/c1-2-28(25,26)24-11-9-21(10-12-24)18-20(8-17-27-21)23-15-13-22(14-16-23)19-6-4-3-5-7-19/h3-7,20H,2,8-18H2,1H3/t20-/m1/s1. The van der Waals surface area contributed by atoms with Gasteiger partial charge in [0.1, 0.15) is 0 Å². The number of para-hydroxylation sites is 1. The van der Waals surface area contributed by atoms with Crippen molar-refractivity contribution in [2.45, 2.75) is 44.2 Å². The Kier molecular flexibility index (Phi) is 5.97. The van der Waals surface area contributed by atoms with Crippen LogP contribution in [0.3, 0.4) is 0 Å². The summed E-state index contributed by atoms with van der Waals surface area (Å²) in [6, 6.07) is 11.2. The molecule has 0 unspecified atom stereocenters. The summed E-state index contributed by atoms with van der Waals surface area (Å²) in [5, 5.41) is 0. The predicted octanol–water partition coefficient (Wildman–Crippen LogP) is 2.17. The van der Waals surface area contributed by atoms with E-state index in [9.17, 15) is 8.42 Å². The zero-order chi connectivity index (χ0) is 19.6. The minimum atomic E-state index is -3.08. The van der Waals surface area contributed by atoms with Gasteiger partial charge in [-0.15, -0.1) is 0 Å². The van der Waals surface area contributed by atoms with E-state index in [4.69, 9.17) is 4.74 Å². The van der Waals surface area contributed by atoms with Crippen molar-refractivity contribution in [1.82, 2.24) is 9.21 Å². The maximum absolute atomic E-state index is 12.2. The number of nitrogens with zero attached hydrogens (tertiary/aromatic N) is 3. The number of sulfonamides is 1. The Hall–Kier alpha value is -1.15. The molecule has 3 aliphatic heterocycles. The Morgan fingerprint density at radius 1 is 1.04 bits per heavy atom. The summed E-state index contributed by atoms with van der Waals surface area (Å²) in [6.45, 7) is 8.03. The van der Waals surface area contributed by atoms with Crippen LogP contribution in [0, 0.1) is 0 Å². The second-order valence-electron chi connectivity index (χ2n) is 8.34. The van der Waals surface area contributed by atoms with Crippen LogP contribution in [0.5, 0.6) is 0 Å². The molecule has 6 nitrogen and oxygen atoms in total. The van der Waals surface area contributed by atoms with E-state index in [0.29, 0.717) is 19.1 Å². The molecule has 1 aromatic carbocycles. The average molecular weight is 408 g/mol. The number of piperazine rings is 1. The van der Waals surface area contributed by atoms with Gasteiger partial charge in [0.05, 0.1) is 11.4 Å². The number of rotatable bonds is 4. The number of hydrogen-bond acceptors (Lipinski definition) is 5. The molecule has 1 spiro atoms. The largest absolute Gasteiger partial charge is 0.375 e. The molecule has 156 valence electrons. The quantitative estimate of drug-likeness (QED) is 0.766. The maximum atomic E-state index is 12.2. The van der Waals surface area contributed by atoms with Crippen molar-refractivity contribution in [3.05, 3.63) is 30.3 Å². The Morgan fingerprint density at radius 3 is 2.36 bits per heavy atom. The topological polar surface area (TPSA) is 53.1 Å². The van der Waals surface area contributed by atoms with Crippen LogP contribution in [0.2, 0.25) is 0 Å². The lowest BCUT2D eigenvalue weighted by molar-refractivity contribution is -0.127. The number of benzene rings is 1. The molecule has 3 fully saturated rings. The molecule has 0 bridgehead atoms. The molecule has 0 N–H and O–H groups in total. The third kappa shape index (κ3) is 4.22. The maximum Gasteiger partial charge on any atom is 0.213 e. The van der Waals surface area contributed by atoms with Gasteiger partial charge in [-0.05, 0) is 44.7 Å². The Balaban J connectivity index is 1.33. The van der Waals surface area contributed by atoms with Crippen LogP contribution in [0.4, 0.5) is 5.69 Å². The van der Waals surface area contributed by atoms with Crippen molar-refractivity contribution in [1.29, 1.82) is 0 Å². The highest BCUT2D eigenvalue weighted by atomic mass is 32.2. The molecule has 3 saturated heterocycles. The summed E-state index contributed by atoms with van der Waals surface area (Å²) in [5.41, 5.74) is 1.19. The highest BCUT2D eigenvalue weighted by molar-refractivity contribution is 7.89. The van der Waals surface area contributed by atoms with Crippen LogP contribution in [0.25, 0.3) is 0 Å². The second-order valence-corrected chi connectivity index (χ2v) is 10.6. The van der Waals surface area contributed by atoms with Crippen LogP contribution < -0.4 is 4.90 Å². The molecular formula is C21H33N3O3S. The van der Waals surface area contributed by atoms with E-state index in [-0.39, 0.29) is 11.4 Å². The molecule has 0 saturated carbocycles.